The van der Waals surface area contributed by atoms with Crippen LogP contribution in [0.4, 0.5) is 0 Å². The molecule has 4 rings (SSSR count). The van der Waals surface area contributed by atoms with Gasteiger partial charge in [-0.25, -0.2) is 0 Å². The highest BCUT2D eigenvalue weighted by atomic mass is 16.7. The van der Waals surface area contributed by atoms with Crippen LogP contribution in [0.1, 0.15) is 190 Å². The molecular weight excluding hydrogens is 707 g/mol. The van der Waals surface area contributed by atoms with Crippen LogP contribution in [-0.4, -0.2) is 62.7 Å². The summed E-state index contributed by atoms with van der Waals surface area (Å²) >= 11 is 0. The monoisotopic (exact) mass is 796 g/mol. The number of nitrogens with zero attached hydrogens (tertiary/aromatic N) is 1. The van der Waals surface area contributed by atoms with Gasteiger partial charge in [0, 0.05) is 31.8 Å². The third-order valence-corrected chi connectivity index (χ3v) is 14.6. The van der Waals surface area contributed by atoms with Crippen LogP contribution in [0.25, 0.3) is 0 Å². The van der Waals surface area contributed by atoms with Crippen LogP contribution in [-0.2, 0) is 23.7 Å². The lowest BCUT2D eigenvalue weighted by molar-refractivity contribution is -0.160. The quantitative estimate of drug-likeness (QED) is 0.0325. The molecule has 3 saturated carbocycles. The summed E-state index contributed by atoms with van der Waals surface area (Å²) in [5.41, 5.74) is 3.38. The number of unbranched alkanes of at least 4 members (excludes halogenated alkanes) is 9. The van der Waals surface area contributed by atoms with Crippen molar-refractivity contribution in [3.63, 3.8) is 0 Å². The first-order valence-electron chi connectivity index (χ1n) is 24.2. The fourth-order valence-corrected chi connectivity index (χ4v) is 10.8. The summed E-state index contributed by atoms with van der Waals surface area (Å²) in [6.07, 6.45) is 30.1. The molecule has 0 N–H and O–H groups in total. The van der Waals surface area contributed by atoms with E-state index < -0.39 is 0 Å². The standard InChI is InChI=1S/C51H89NO5/c1-9-10-31-52(33-20-16-12-14-18-25-48(53)57-47-38-44-37-46-50(47)51(44,46)8)32-19-15-11-13-17-23-42(7)54-36-30-49-55-34-28-41(6)45(27-26-40(4)5)43(29-35-56-49)24-21-22-39(2)3/h22,26,41,43-47,49-50H,7,9-21,23-25,27-38H2,1-6,8H3/t41?,43?,44?,45?,46?,47-,49?,50?,51?/m1/s1. The number of rotatable bonds is 29. The largest absolute Gasteiger partial charge is 0.498 e. The number of hydrogen-bond donors (Lipinski definition) is 0. The maximum absolute atomic E-state index is 12.4. The van der Waals surface area contributed by atoms with Crippen molar-refractivity contribution in [1.82, 2.24) is 4.90 Å². The predicted octanol–water partition coefficient (Wildman–Crippen LogP) is 13.4. The number of allylic oxidation sites excluding steroid dienone is 5. The van der Waals surface area contributed by atoms with E-state index in [4.69, 9.17) is 18.9 Å². The Hall–Kier alpha value is -1.63. The zero-order valence-electron chi connectivity index (χ0n) is 38.3. The van der Waals surface area contributed by atoms with Gasteiger partial charge in [0.15, 0.2) is 6.29 Å². The van der Waals surface area contributed by atoms with E-state index in [0.29, 0.717) is 42.1 Å². The Balaban J connectivity index is 0.987. The van der Waals surface area contributed by atoms with E-state index in [1.165, 1.54) is 101 Å². The van der Waals surface area contributed by atoms with Crippen LogP contribution in [0.3, 0.4) is 0 Å². The number of carbonyl (C=O) groups is 1. The number of esters is 1. The van der Waals surface area contributed by atoms with E-state index in [1.54, 1.807) is 0 Å². The molecule has 0 aromatic carbocycles. The highest BCUT2D eigenvalue weighted by Crippen LogP contribution is 2.82. The molecule has 4 aliphatic rings. The van der Waals surface area contributed by atoms with Crippen molar-refractivity contribution < 1.29 is 23.7 Å². The molecule has 0 radical (unpaired) electrons. The van der Waals surface area contributed by atoms with Gasteiger partial charge in [-0.2, -0.15) is 0 Å². The van der Waals surface area contributed by atoms with Gasteiger partial charge in [0.1, 0.15) is 6.10 Å². The number of carbonyl (C=O) groups excluding carboxylic acids is 1. The smallest absolute Gasteiger partial charge is 0.306 e. The van der Waals surface area contributed by atoms with Crippen LogP contribution in [0, 0.1) is 40.9 Å². The van der Waals surface area contributed by atoms with Gasteiger partial charge in [0.05, 0.1) is 19.0 Å². The van der Waals surface area contributed by atoms with Crippen molar-refractivity contribution in [2.45, 2.75) is 202 Å². The fourth-order valence-electron chi connectivity index (χ4n) is 10.8. The molecule has 0 amide bonds. The summed E-state index contributed by atoms with van der Waals surface area (Å²) in [4.78, 5) is 15.1. The summed E-state index contributed by atoms with van der Waals surface area (Å²) in [6.45, 7) is 26.0. The molecule has 6 nitrogen and oxygen atoms in total. The van der Waals surface area contributed by atoms with Crippen molar-refractivity contribution in [1.29, 1.82) is 0 Å². The van der Waals surface area contributed by atoms with E-state index >= 15 is 0 Å². The zero-order valence-corrected chi connectivity index (χ0v) is 38.3. The van der Waals surface area contributed by atoms with Gasteiger partial charge in [0.2, 0.25) is 0 Å². The van der Waals surface area contributed by atoms with E-state index in [1.807, 2.05) is 0 Å². The van der Waals surface area contributed by atoms with E-state index in [0.717, 1.165) is 95.0 Å². The number of ether oxygens (including phenoxy) is 4. The third-order valence-electron chi connectivity index (χ3n) is 14.6. The van der Waals surface area contributed by atoms with Gasteiger partial charge in [-0.15, -0.1) is 0 Å². The molecule has 1 heterocycles. The van der Waals surface area contributed by atoms with Gasteiger partial charge in [-0.3, -0.25) is 4.79 Å². The highest BCUT2D eigenvalue weighted by molar-refractivity contribution is 5.69. The molecule has 6 heteroatoms. The van der Waals surface area contributed by atoms with Crippen molar-refractivity contribution in [3.8, 4) is 0 Å². The first kappa shape index (κ1) is 48.0. The molecule has 328 valence electrons. The van der Waals surface area contributed by atoms with E-state index in [2.05, 4.69) is 72.1 Å². The summed E-state index contributed by atoms with van der Waals surface area (Å²) in [5.74, 6) is 5.33. The minimum absolute atomic E-state index is 0.0604. The van der Waals surface area contributed by atoms with Crippen molar-refractivity contribution >= 4 is 5.97 Å². The molecular formula is C51H89NO5. The van der Waals surface area contributed by atoms with Crippen LogP contribution in [0.15, 0.2) is 35.6 Å². The Labute approximate surface area is 351 Å². The normalized spacial score (nSPS) is 29.3. The molecule has 0 aromatic rings. The molecule has 4 fully saturated rings. The minimum Gasteiger partial charge on any atom is -0.498 e. The zero-order chi connectivity index (χ0) is 41.0. The summed E-state index contributed by atoms with van der Waals surface area (Å²) in [6, 6.07) is 0. The van der Waals surface area contributed by atoms with Crippen LogP contribution in [0.2, 0.25) is 0 Å². The minimum atomic E-state index is -0.197. The van der Waals surface area contributed by atoms with Crippen molar-refractivity contribution in [2.75, 3.05) is 39.5 Å². The Kier molecular flexibility index (Phi) is 21.8. The van der Waals surface area contributed by atoms with Crippen molar-refractivity contribution in [2.24, 2.45) is 40.9 Å². The average molecular weight is 796 g/mol. The maximum atomic E-state index is 12.4. The van der Waals surface area contributed by atoms with Gasteiger partial charge >= 0.3 is 5.97 Å². The Morgan fingerprint density at radius 1 is 0.807 bits per heavy atom. The highest BCUT2D eigenvalue weighted by Gasteiger charge is 2.79. The summed E-state index contributed by atoms with van der Waals surface area (Å²) in [7, 11) is 0. The molecule has 8 unspecified atom stereocenters. The van der Waals surface area contributed by atoms with Gasteiger partial charge in [-0.1, -0.05) is 95.6 Å². The molecule has 0 aromatic heterocycles. The Bertz CT molecular complexity index is 1220. The first-order valence-corrected chi connectivity index (χ1v) is 24.2. The lowest BCUT2D eigenvalue weighted by Crippen LogP contribution is -2.29. The maximum Gasteiger partial charge on any atom is 0.306 e. The second-order valence-electron chi connectivity index (χ2n) is 19.6. The molecule has 3 aliphatic carbocycles. The van der Waals surface area contributed by atoms with Crippen LogP contribution >= 0.6 is 0 Å². The predicted molar refractivity (Wildman–Crippen MR) is 238 cm³/mol. The lowest BCUT2D eigenvalue weighted by atomic mass is 9.73. The molecule has 1 aliphatic heterocycles. The molecule has 1 saturated heterocycles. The molecule has 0 bridgehead atoms. The van der Waals surface area contributed by atoms with Crippen LogP contribution < -0.4 is 0 Å². The second-order valence-corrected chi connectivity index (χ2v) is 19.6. The first-order chi connectivity index (χ1) is 27.5. The van der Waals surface area contributed by atoms with Crippen LogP contribution in [0.5, 0.6) is 0 Å². The van der Waals surface area contributed by atoms with Gasteiger partial charge in [-0.05, 0) is 159 Å². The topological polar surface area (TPSA) is 57.2 Å². The summed E-state index contributed by atoms with van der Waals surface area (Å²) < 4.78 is 24.6. The van der Waals surface area contributed by atoms with Crippen molar-refractivity contribution in [3.05, 3.63) is 35.6 Å². The SMILES string of the molecule is C=C(CCCCCCCN(CCCC)CCCCCCCC(=O)O[C@@H]1CC2CC3C1C23C)OCCC1OCCC(C)C(CC=C(C)C)C(CCC=C(C)C)CCO1. The average Bonchev–Trinajstić information content (AvgIpc) is 3.57. The summed E-state index contributed by atoms with van der Waals surface area (Å²) in [5, 5.41) is 0. The van der Waals surface area contributed by atoms with Gasteiger partial charge < -0.3 is 23.8 Å². The van der Waals surface area contributed by atoms with E-state index in [-0.39, 0.29) is 18.4 Å². The second kappa shape index (κ2) is 25.9. The molecule has 0 spiro atoms. The number of hydrogen-bond acceptors (Lipinski definition) is 6. The Morgan fingerprint density at radius 2 is 1.44 bits per heavy atom. The Morgan fingerprint density at radius 3 is 2.07 bits per heavy atom. The molecule has 57 heavy (non-hydrogen) atoms. The third kappa shape index (κ3) is 16.4. The number of fused-ring (bicyclic) bond motifs is 1. The molecule has 9 atom stereocenters. The van der Waals surface area contributed by atoms with Gasteiger partial charge in [0.25, 0.3) is 0 Å². The fraction of sp³-hybridized carbons (Fsp3) is 0.863. The van der Waals surface area contributed by atoms with E-state index in [9.17, 15) is 4.79 Å². The lowest BCUT2D eigenvalue weighted by Gasteiger charge is -2.34.